The normalized spacial score (nSPS) is 39.9. The van der Waals surface area contributed by atoms with Crippen molar-refractivity contribution in [3.8, 4) is 12.3 Å². The van der Waals surface area contributed by atoms with E-state index in [1.165, 1.54) is 4.67 Å². The summed E-state index contributed by atoms with van der Waals surface area (Å²) in [6, 6.07) is -0.174. The zero-order valence-electron chi connectivity index (χ0n) is 6.23. The number of hydrogen-bond donors (Lipinski definition) is 1. The summed E-state index contributed by atoms with van der Waals surface area (Å²) in [6.45, 7) is -3.14. The highest BCUT2D eigenvalue weighted by molar-refractivity contribution is 8.55. The van der Waals surface area contributed by atoms with E-state index in [4.69, 9.17) is 6.42 Å². The molecule has 0 aromatic rings. The molecule has 1 saturated heterocycles. The molecule has 1 N–H and O–H groups in total. The van der Waals surface area contributed by atoms with Gasteiger partial charge >= 0.3 is 6.72 Å². The lowest BCUT2D eigenvalue weighted by Crippen LogP contribution is -2.30. The molecule has 11 heavy (non-hydrogen) atoms. The van der Waals surface area contributed by atoms with Crippen LogP contribution >= 0.6 is 18.1 Å². The van der Waals surface area contributed by atoms with Crippen LogP contribution in [0.3, 0.4) is 0 Å². The Bertz CT molecular complexity index is 237. The number of hydrogen-bond acceptors (Lipinski definition) is 2. The number of nitrogens with zero attached hydrogens (tertiary/aromatic N) is 1. The zero-order valence-corrected chi connectivity index (χ0v) is 7.94. The summed E-state index contributed by atoms with van der Waals surface area (Å²) in [5, 5.41) is 0. The highest BCUT2D eigenvalue weighted by Crippen LogP contribution is 2.60. The minimum absolute atomic E-state index is 0.174. The monoisotopic (exact) mass is 191 g/mol. The Morgan fingerprint density at radius 3 is 3.00 bits per heavy atom. The summed E-state index contributed by atoms with van der Waals surface area (Å²) < 4.78 is 12.7. The predicted molar refractivity (Wildman–Crippen MR) is 47.3 cm³/mol. The maximum Gasteiger partial charge on any atom is 0.327 e. The predicted octanol–water partition coefficient (Wildman–Crippen LogP) is 1.16. The van der Waals surface area contributed by atoms with Crippen LogP contribution in [0, 0.1) is 12.3 Å². The van der Waals surface area contributed by atoms with Crippen LogP contribution in [0.2, 0.25) is 0 Å². The van der Waals surface area contributed by atoms with Gasteiger partial charge < -0.3 is 4.89 Å². The largest absolute Gasteiger partial charge is 0.327 e. The molecule has 0 aromatic heterocycles. The molecule has 0 saturated carbocycles. The van der Waals surface area contributed by atoms with Crippen molar-refractivity contribution in [3.63, 3.8) is 0 Å². The van der Waals surface area contributed by atoms with Crippen LogP contribution in [0.4, 0.5) is 0 Å². The standard InChI is InChI=1S/C6H10NO2PS/c1-3-6-4-5-11-10(8,9)7(6)2/h1,6H,4-5H2,2H3,(H,8,9). The molecule has 5 heteroatoms. The summed E-state index contributed by atoms with van der Waals surface area (Å²) in [6.07, 6.45) is 5.98. The molecular weight excluding hydrogens is 181 g/mol. The Kier molecular flexibility index (Phi) is 2.66. The molecule has 0 aromatic carbocycles. The van der Waals surface area contributed by atoms with Gasteiger partial charge in [-0.05, 0) is 13.5 Å². The first-order valence-electron chi connectivity index (χ1n) is 3.24. The fraction of sp³-hybridized carbons (Fsp3) is 0.667. The quantitative estimate of drug-likeness (QED) is 0.460. The molecule has 62 valence electrons. The Labute approximate surface area is 70.4 Å². The fourth-order valence-electron chi connectivity index (χ4n) is 0.928. The van der Waals surface area contributed by atoms with Gasteiger partial charge in [0.05, 0.1) is 6.04 Å². The minimum atomic E-state index is -3.14. The Hall–Kier alpha value is 0.0600. The van der Waals surface area contributed by atoms with Crippen LogP contribution in [0.15, 0.2) is 0 Å². The van der Waals surface area contributed by atoms with E-state index >= 15 is 0 Å². The molecule has 0 aliphatic carbocycles. The van der Waals surface area contributed by atoms with E-state index < -0.39 is 6.72 Å². The summed E-state index contributed by atoms with van der Waals surface area (Å²) in [7, 11) is 1.59. The smallest absolute Gasteiger partial charge is 0.325 e. The van der Waals surface area contributed by atoms with Gasteiger partial charge in [-0.3, -0.25) is 4.57 Å². The Morgan fingerprint density at radius 2 is 2.55 bits per heavy atom. The van der Waals surface area contributed by atoms with E-state index in [1.54, 1.807) is 7.05 Å². The molecule has 0 spiro atoms. The number of terminal acetylenes is 1. The summed E-state index contributed by atoms with van der Waals surface area (Å²) >= 11 is 1.09. The second-order valence-electron chi connectivity index (χ2n) is 2.37. The Balaban J connectivity index is 2.78. The van der Waals surface area contributed by atoms with Crippen molar-refractivity contribution in [1.82, 2.24) is 4.67 Å². The lowest BCUT2D eigenvalue weighted by atomic mass is 10.2. The molecule has 1 fully saturated rings. The second kappa shape index (κ2) is 3.20. The maximum atomic E-state index is 11.3. The van der Waals surface area contributed by atoms with Gasteiger partial charge in [0.1, 0.15) is 0 Å². The van der Waals surface area contributed by atoms with E-state index in [-0.39, 0.29) is 6.04 Å². The lowest BCUT2D eigenvalue weighted by Gasteiger charge is -2.31. The van der Waals surface area contributed by atoms with Gasteiger partial charge in [0.25, 0.3) is 0 Å². The fourth-order valence-corrected chi connectivity index (χ4v) is 4.13. The third kappa shape index (κ3) is 1.80. The molecule has 2 atom stereocenters. The average molecular weight is 191 g/mol. The summed E-state index contributed by atoms with van der Waals surface area (Å²) in [5.41, 5.74) is 0. The molecular formula is C6H10NO2PS. The third-order valence-electron chi connectivity index (χ3n) is 1.69. The topological polar surface area (TPSA) is 40.5 Å². The van der Waals surface area contributed by atoms with E-state index in [9.17, 15) is 9.46 Å². The second-order valence-corrected chi connectivity index (χ2v) is 6.85. The maximum absolute atomic E-state index is 11.3. The van der Waals surface area contributed by atoms with Gasteiger partial charge in [-0.25, -0.2) is 4.67 Å². The van der Waals surface area contributed by atoms with Gasteiger partial charge in [0, 0.05) is 5.75 Å². The van der Waals surface area contributed by atoms with Crippen molar-refractivity contribution in [2.24, 2.45) is 0 Å². The summed E-state index contributed by atoms with van der Waals surface area (Å²) in [5.74, 6) is 3.16. The van der Waals surface area contributed by atoms with Crippen molar-refractivity contribution in [3.05, 3.63) is 0 Å². The van der Waals surface area contributed by atoms with Crippen LogP contribution in [-0.4, -0.2) is 28.4 Å². The molecule has 0 bridgehead atoms. The van der Waals surface area contributed by atoms with Crippen LogP contribution in [-0.2, 0) is 4.57 Å². The van der Waals surface area contributed by atoms with Crippen molar-refractivity contribution in [2.75, 3.05) is 12.8 Å². The van der Waals surface area contributed by atoms with Gasteiger partial charge in [0.2, 0.25) is 0 Å². The molecule has 1 heterocycles. The van der Waals surface area contributed by atoms with E-state index in [1.807, 2.05) is 0 Å². The summed E-state index contributed by atoms with van der Waals surface area (Å²) in [4.78, 5) is 9.29. The lowest BCUT2D eigenvalue weighted by molar-refractivity contribution is 0.363. The molecule has 2 unspecified atom stereocenters. The van der Waals surface area contributed by atoms with Gasteiger partial charge in [-0.15, -0.1) is 6.42 Å². The van der Waals surface area contributed by atoms with Crippen molar-refractivity contribution in [1.29, 1.82) is 0 Å². The van der Waals surface area contributed by atoms with Crippen LogP contribution in [0.1, 0.15) is 6.42 Å². The van der Waals surface area contributed by atoms with Gasteiger partial charge in [-0.1, -0.05) is 17.3 Å². The first-order valence-corrected chi connectivity index (χ1v) is 6.45. The molecule has 1 rings (SSSR count). The van der Waals surface area contributed by atoms with E-state index in [2.05, 4.69) is 5.92 Å². The molecule has 3 nitrogen and oxygen atoms in total. The van der Waals surface area contributed by atoms with Gasteiger partial charge in [0.15, 0.2) is 0 Å². The van der Waals surface area contributed by atoms with Crippen LogP contribution < -0.4 is 0 Å². The first kappa shape index (κ1) is 9.15. The zero-order chi connectivity index (χ0) is 8.48. The SMILES string of the molecule is C#CC1CCSP(=O)(O)N1C. The van der Waals surface area contributed by atoms with Gasteiger partial charge in [-0.2, -0.15) is 0 Å². The molecule has 0 amide bonds. The molecule has 1 aliphatic rings. The van der Waals surface area contributed by atoms with Crippen LogP contribution in [0.5, 0.6) is 0 Å². The number of rotatable bonds is 0. The highest BCUT2D eigenvalue weighted by Gasteiger charge is 2.34. The first-order chi connectivity index (χ1) is 5.08. The van der Waals surface area contributed by atoms with E-state index in [0.29, 0.717) is 5.75 Å². The van der Waals surface area contributed by atoms with Crippen molar-refractivity contribution < 1.29 is 9.46 Å². The highest BCUT2D eigenvalue weighted by atomic mass is 32.7. The van der Waals surface area contributed by atoms with E-state index in [0.717, 1.165) is 17.8 Å². The Morgan fingerprint density at radius 1 is 1.91 bits per heavy atom. The minimum Gasteiger partial charge on any atom is -0.325 e. The average Bonchev–Trinajstić information content (AvgIpc) is 1.95. The third-order valence-corrected chi connectivity index (χ3v) is 5.85. The van der Waals surface area contributed by atoms with Crippen LogP contribution in [0.25, 0.3) is 0 Å². The molecule has 0 radical (unpaired) electrons. The van der Waals surface area contributed by atoms with Crippen molar-refractivity contribution in [2.45, 2.75) is 12.5 Å². The molecule has 1 aliphatic heterocycles. The van der Waals surface area contributed by atoms with Crippen molar-refractivity contribution >= 4 is 18.1 Å².